The van der Waals surface area contributed by atoms with Crippen LogP contribution >= 0.6 is 11.6 Å². The molecule has 70 valence electrons. The minimum Gasteiger partial charge on any atom is -0.336 e. The van der Waals surface area contributed by atoms with Gasteiger partial charge in [-0.15, -0.1) is 0 Å². The average Bonchev–Trinajstić information content (AvgIpc) is 2.20. The molecule has 0 amide bonds. The Morgan fingerprint density at radius 2 is 1.92 bits per heavy atom. The molecule has 0 spiro atoms. The molecule has 13 heavy (non-hydrogen) atoms. The highest BCUT2D eigenvalue weighted by molar-refractivity contribution is 6.30. The summed E-state index contributed by atoms with van der Waals surface area (Å²) in [4.78, 5) is 0. The summed E-state index contributed by atoms with van der Waals surface area (Å²) in [6.07, 6.45) is 0. The molecular weight excluding hydrogens is 184 g/mol. The van der Waals surface area contributed by atoms with Crippen molar-refractivity contribution in [3.05, 3.63) is 34.9 Å². The molecule has 1 aliphatic heterocycles. The van der Waals surface area contributed by atoms with E-state index in [1.165, 1.54) is 25.2 Å². The van der Waals surface area contributed by atoms with Gasteiger partial charge in [0.15, 0.2) is 6.04 Å². The van der Waals surface area contributed by atoms with Crippen molar-refractivity contribution in [2.24, 2.45) is 0 Å². The van der Waals surface area contributed by atoms with E-state index in [1.807, 2.05) is 12.1 Å². The highest BCUT2D eigenvalue weighted by Gasteiger charge is 2.20. The second kappa shape index (κ2) is 4.09. The van der Waals surface area contributed by atoms with Crippen molar-refractivity contribution in [2.45, 2.75) is 6.04 Å². The van der Waals surface area contributed by atoms with Gasteiger partial charge in [0.2, 0.25) is 0 Å². The fraction of sp³-hybridized carbons (Fsp3) is 0.400. The maximum absolute atomic E-state index is 5.83. The van der Waals surface area contributed by atoms with Crippen LogP contribution in [0, 0.1) is 0 Å². The van der Waals surface area contributed by atoms with E-state index < -0.39 is 0 Å². The van der Waals surface area contributed by atoms with Crippen LogP contribution < -0.4 is 10.6 Å². The summed E-state index contributed by atoms with van der Waals surface area (Å²) in [5.41, 5.74) is 1.39. The van der Waals surface area contributed by atoms with E-state index in [0.29, 0.717) is 6.04 Å². The standard InChI is InChI=1S/C10H13ClN2/c11-9-3-1-8(2-4-9)10-7-12-5-6-13-10/h1-4,10,12-13H,5-7H2/p+2/t10-/m1/s1. The molecule has 1 saturated heterocycles. The fourth-order valence-electron chi connectivity index (χ4n) is 1.79. The number of hydrogen-bond donors (Lipinski definition) is 2. The molecule has 2 nitrogen and oxygen atoms in total. The maximum atomic E-state index is 5.83. The number of benzene rings is 1. The number of quaternary nitrogens is 2. The van der Waals surface area contributed by atoms with E-state index in [2.05, 4.69) is 22.8 Å². The van der Waals surface area contributed by atoms with Crippen LogP contribution in [-0.2, 0) is 0 Å². The van der Waals surface area contributed by atoms with Crippen molar-refractivity contribution in [1.82, 2.24) is 0 Å². The van der Waals surface area contributed by atoms with Crippen LogP contribution in [-0.4, -0.2) is 19.6 Å². The van der Waals surface area contributed by atoms with Crippen LogP contribution in [0.25, 0.3) is 0 Å². The topological polar surface area (TPSA) is 33.2 Å². The van der Waals surface area contributed by atoms with Gasteiger partial charge >= 0.3 is 0 Å². The predicted octanol–water partition coefficient (Wildman–Crippen LogP) is -0.478. The Labute approximate surface area is 83.3 Å². The van der Waals surface area contributed by atoms with Gasteiger partial charge < -0.3 is 10.6 Å². The van der Waals surface area contributed by atoms with Crippen molar-refractivity contribution >= 4 is 11.6 Å². The molecule has 0 bridgehead atoms. The minimum absolute atomic E-state index is 0.617. The van der Waals surface area contributed by atoms with E-state index in [9.17, 15) is 0 Å². The minimum atomic E-state index is 0.617. The Morgan fingerprint density at radius 1 is 1.15 bits per heavy atom. The number of halogens is 1. The van der Waals surface area contributed by atoms with E-state index in [4.69, 9.17) is 11.6 Å². The number of nitrogens with two attached hydrogens (primary N) is 2. The highest BCUT2D eigenvalue weighted by atomic mass is 35.5. The van der Waals surface area contributed by atoms with Gasteiger partial charge in [-0.05, 0) is 12.1 Å². The lowest BCUT2D eigenvalue weighted by Gasteiger charge is -2.18. The quantitative estimate of drug-likeness (QED) is 0.612. The molecular formula is C10H15ClN2+2. The molecule has 1 atom stereocenters. The van der Waals surface area contributed by atoms with Gasteiger partial charge in [0.1, 0.15) is 19.6 Å². The van der Waals surface area contributed by atoms with Gasteiger partial charge in [-0.2, -0.15) is 0 Å². The zero-order valence-corrected chi connectivity index (χ0v) is 8.30. The summed E-state index contributed by atoms with van der Waals surface area (Å²) in [6.45, 7) is 3.64. The molecule has 4 N–H and O–H groups in total. The molecule has 0 radical (unpaired) electrons. The third-order valence-electron chi connectivity index (χ3n) is 2.54. The lowest BCUT2D eigenvalue weighted by atomic mass is 10.1. The molecule has 2 rings (SSSR count). The SMILES string of the molecule is Clc1ccc([C@H]2C[NH2+]CC[NH2+]2)cc1. The van der Waals surface area contributed by atoms with Gasteiger partial charge in [0.05, 0.1) is 0 Å². The molecule has 0 saturated carbocycles. The summed E-state index contributed by atoms with van der Waals surface area (Å²) < 4.78 is 0. The first-order valence-electron chi connectivity index (χ1n) is 4.77. The smallest absolute Gasteiger partial charge is 0.161 e. The number of rotatable bonds is 1. The molecule has 1 aliphatic rings. The summed E-state index contributed by atoms with van der Waals surface area (Å²) in [6, 6.07) is 8.82. The predicted molar refractivity (Wildman–Crippen MR) is 52.6 cm³/mol. The van der Waals surface area contributed by atoms with Crippen molar-refractivity contribution in [1.29, 1.82) is 0 Å². The highest BCUT2D eigenvalue weighted by Crippen LogP contribution is 2.13. The first kappa shape index (κ1) is 9.00. The third-order valence-corrected chi connectivity index (χ3v) is 2.79. The molecule has 1 fully saturated rings. The molecule has 0 aliphatic carbocycles. The average molecular weight is 199 g/mol. The number of piperazine rings is 1. The van der Waals surface area contributed by atoms with Crippen molar-refractivity contribution in [3.63, 3.8) is 0 Å². The van der Waals surface area contributed by atoms with Crippen LogP contribution in [0.5, 0.6) is 0 Å². The van der Waals surface area contributed by atoms with Crippen molar-refractivity contribution in [3.8, 4) is 0 Å². The first-order valence-corrected chi connectivity index (χ1v) is 5.14. The van der Waals surface area contributed by atoms with Gasteiger partial charge in [-0.25, -0.2) is 0 Å². The Balaban J connectivity index is 2.10. The van der Waals surface area contributed by atoms with Gasteiger partial charge in [0.25, 0.3) is 0 Å². The van der Waals surface area contributed by atoms with Gasteiger partial charge in [-0.1, -0.05) is 23.7 Å². The second-order valence-corrected chi connectivity index (χ2v) is 3.93. The van der Waals surface area contributed by atoms with E-state index in [1.54, 1.807) is 0 Å². The summed E-state index contributed by atoms with van der Waals surface area (Å²) in [7, 11) is 0. The van der Waals surface area contributed by atoms with Crippen LogP contribution in [0.1, 0.15) is 11.6 Å². The maximum Gasteiger partial charge on any atom is 0.161 e. The Hall–Kier alpha value is -0.570. The lowest BCUT2D eigenvalue weighted by Crippen LogP contribution is -3.04. The summed E-state index contributed by atoms with van der Waals surface area (Å²) >= 11 is 5.83. The number of hydrogen-bond acceptors (Lipinski definition) is 0. The fourth-order valence-corrected chi connectivity index (χ4v) is 1.92. The Kier molecular flexibility index (Phi) is 2.83. The summed E-state index contributed by atoms with van der Waals surface area (Å²) in [5.74, 6) is 0. The molecule has 1 aromatic carbocycles. The monoisotopic (exact) mass is 198 g/mol. The third kappa shape index (κ3) is 2.21. The van der Waals surface area contributed by atoms with E-state index >= 15 is 0 Å². The van der Waals surface area contributed by atoms with Crippen LogP contribution in [0.15, 0.2) is 24.3 Å². The molecule has 3 heteroatoms. The zero-order valence-electron chi connectivity index (χ0n) is 7.54. The van der Waals surface area contributed by atoms with Gasteiger partial charge in [0, 0.05) is 10.6 Å². The summed E-state index contributed by atoms with van der Waals surface area (Å²) in [5, 5.41) is 5.60. The zero-order chi connectivity index (χ0) is 9.10. The van der Waals surface area contributed by atoms with Crippen molar-refractivity contribution in [2.75, 3.05) is 19.6 Å². The normalized spacial score (nSPS) is 23.0. The first-order chi connectivity index (χ1) is 6.36. The molecule has 1 aromatic rings. The molecule has 1 heterocycles. The van der Waals surface area contributed by atoms with Gasteiger partial charge in [-0.3, -0.25) is 0 Å². The Morgan fingerprint density at radius 3 is 2.54 bits per heavy atom. The van der Waals surface area contributed by atoms with Crippen LogP contribution in [0.2, 0.25) is 5.02 Å². The van der Waals surface area contributed by atoms with Crippen molar-refractivity contribution < 1.29 is 10.6 Å². The van der Waals surface area contributed by atoms with Crippen LogP contribution in [0.3, 0.4) is 0 Å². The second-order valence-electron chi connectivity index (χ2n) is 3.50. The Bertz CT molecular complexity index is 265. The lowest BCUT2D eigenvalue weighted by molar-refractivity contribution is -0.816. The van der Waals surface area contributed by atoms with E-state index in [-0.39, 0.29) is 0 Å². The largest absolute Gasteiger partial charge is 0.336 e. The van der Waals surface area contributed by atoms with E-state index in [0.717, 1.165) is 5.02 Å². The molecule has 0 aromatic heterocycles. The molecule has 0 unspecified atom stereocenters. The van der Waals surface area contributed by atoms with Crippen LogP contribution in [0.4, 0.5) is 0 Å².